The molecule has 2 saturated heterocycles. The highest BCUT2D eigenvalue weighted by Gasteiger charge is 2.52. The first-order valence-electron chi connectivity index (χ1n) is 11.3. The van der Waals surface area contributed by atoms with Crippen molar-refractivity contribution in [1.82, 2.24) is 15.1 Å². The number of carbonyl (C=O) groups is 1. The fourth-order valence-electron chi connectivity index (χ4n) is 5.65. The molecule has 3 fully saturated rings. The molecule has 0 spiro atoms. The van der Waals surface area contributed by atoms with Crippen LogP contribution in [-0.2, 0) is 16.1 Å². The maximum absolute atomic E-state index is 14.0. The van der Waals surface area contributed by atoms with Crippen molar-refractivity contribution in [3.05, 3.63) is 35.4 Å². The zero-order valence-electron chi connectivity index (χ0n) is 17.8. The molecule has 1 amide bonds. The van der Waals surface area contributed by atoms with Gasteiger partial charge in [0.25, 0.3) is 0 Å². The third-order valence-corrected chi connectivity index (χ3v) is 7.48. The summed E-state index contributed by atoms with van der Waals surface area (Å²) >= 11 is 0. The van der Waals surface area contributed by atoms with Crippen LogP contribution in [-0.4, -0.2) is 67.7 Å². The Morgan fingerprint density at radius 1 is 1.23 bits per heavy atom. The van der Waals surface area contributed by atoms with Gasteiger partial charge < -0.3 is 15.0 Å². The summed E-state index contributed by atoms with van der Waals surface area (Å²) in [6.07, 6.45) is 3.92. The van der Waals surface area contributed by atoms with Gasteiger partial charge in [-0.25, -0.2) is 8.78 Å². The molecule has 1 aromatic carbocycles. The number of halogens is 2. The summed E-state index contributed by atoms with van der Waals surface area (Å²) in [5, 5.41) is 3.00. The van der Waals surface area contributed by atoms with E-state index >= 15 is 0 Å². The number of nitrogens with one attached hydrogen (secondary N) is 1. The molecular weight excluding hydrogens is 388 g/mol. The van der Waals surface area contributed by atoms with Crippen molar-refractivity contribution in [3.8, 4) is 0 Å². The Hall–Kier alpha value is -1.57. The molecule has 1 aliphatic carbocycles. The quantitative estimate of drug-likeness (QED) is 0.794. The molecule has 5 nitrogen and oxygen atoms in total. The van der Waals surface area contributed by atoms with Crippen LogP contribution in [0.25, 0.3) is 0 Å². The van der Waals surface area contributed by atoms with E-state index < -0.39 is 17.0 Å². The van der Waals surface area contributed by atoms with Crippen molar-refractivity contribution < 1.29 is 18.3 Å². The maximum Gasteiger partial charge on any atom is 0.228 e. The number of benzene rings is 1. The van der Waals surface area contributed by atoms with Crippen molar-refractivity contribution in [2.45, 2.75) is 45.2 Å². The first kappa shape index (κ1) is 21.7. The number of fused-ring (bicyclic) bond motifs is 1. The van der Waals surface area contributed by atoms with Crippen LogP contribution in [0.15, 0.2) is 18.2 Å². The standard InChI is InChI=1S/C23H33F2N3O2/c1-2-27-8-6-18-13-20(28-9-11-30-12-10-28)5-7-23(18,16-27)22(29)26-15-17-3-4-19(24)14-21(17)25/h3-4,14,18,20H,2,5-13,15-16H2,1H3,(H,26,29)/t18-,20+,23-/m1/s1. The predicted molar refractivity (Wildman–Crippen MR) is 111 cm³/mol. The third kappa shape index (κ3) is 4.39. The minimum absolute atomic E-state index is 0.0230. The summed E-state index contributed by atoms with van der Waals surface area (Å²) in [5.74, 6) is -0.859. The zero-order chi connectivity index (χ0) is 21.1. The summed E-state index contributed by atoms with van der Waals surface area (Å²) in [6, 6.07) is 4.03. The molecule has 2 aliphatic heterocycles. The molecule has 30 heavy (non-hydrogen) atoms. The molecule has 7 heteroatoms. The Kier molecular flexibility index (Phi) is 6.70. The van der Waals surface area contributed by atoms with Crippen LogP contribution < -0.4 is 5.32 Å². The Balaban J connectivity index is 1.47. The van der Waals surface area contributed by atoms with Crippen molar-refractivity contribution in [2.24, 2.45) is 11.3 Å². The van der Waals surface area contributed by atoms with Crippen LogP contribution in [0.3, 0.4) is 0 Å². The fourth-order valence-corrected chi connectivity index (χ4v) is 5.65. The molecule has 4 rings (SSSR count). The number of hydrogen-bond donors (Lipinski definition) is 1. The highest BCUT2D eigenvalue weighted by Crippen LogP contribution is 2.47. The lowest BCUT2D eigenvalue weighted by Gasteiger charge is -2.53. The molecule has 0 unspecified atom stereocenters. The summed E-state index contributed by atoms with van der Waals surface area (Å²) < 4.78 is 32.7. The van der Waals surface area contributed by atoms with Crippen molar-refractivity contribution in [2.75, 3.05) is 45.9 Å². The molecule has 0 bridgehead atoms. The normalized spacial score (nSPS) is 30.6. The van der Waals surface area contributed by atoms with E-state index in [4.69, 9.17) is 4.74 Å². The van der Waals surface area contributed by atoms with Gasteiger partial charge in [-0.05, 0) is 50.8 Å². The predicted octanol–water partition coefficient (Wildman–Crippen LogP) is 2.79. The Morgan fingerprint density at radius 3 is 2.77 bits per heavy atom. The van der Waals surface area contributed by atoms with E-state index in [0.717, 1.165) is 77.7 Å². The molecule has 166 valence electrons. The molecule has 1 N–H and O–H groups in total. The number of morpholine rings is 1. The van der Waals surface area contributed by atoms with Gasteiger partial charge in [0, 0.05) is 43.9 Å². The Morgan fingerprint density at radius 2 is 2.03 bits per heavy atom. The number of likely N-dealkylation sites (tertiary alicyclic amines) is 1. The van der Waals surface area contributed by atoms with Gasteiger partial charge in [-0.2, -0.15) is 0 Å². The zero-order valence-corrected chi connectivity index (χ0v) is 17.8. The van der Waals surface area contributed by atoms with Crippen LogP contribution >= 0.6 is 0 Å². The largest absolute Gasteiger partial charge is 0.379 e. The van der Waals surface area contributed by atoms with Crippen LogP contribution in [0.5, 0.6) is 0 Å². The van der Waals surface area contributed by atoms with E-state index in [2.05, 4.69) is 22.0 Å². The van der Waals surface area contributed by atoms with E-state index in [1.807, 2.05) is 0 Å². The monoisotopic (exact) mass is 421 g/mol. The topological polar surface area (TPSA) is 44.8 Å². The number of rotatable bonds is 5. The molecule has 3 aliphatic rings. The van der Waals surface area contributed by atoms with Gasteiger partial charge in [0.05, 0.1) is 18.6 Å². The highest BCUT2D eigenvalue weighted by atomic mass is 19.1. The van der Waals surface area contributed by atoms with E-state index in [0.29, 0.717) is 17.5 Å². The van der Waals surface area contributed by atoms with Crippen LogP contribution in [0.1, 0.15) is 38.2 Å². The SMILES string of the molecule is CCN1CC[C@@H]2C[C@@H](N3CCOCC3)CC[C@@]2(C(=O)NCc2ccc(F)cc2F)C1. The van der Waals surface area contributed by atoms with Crippen LogP contribution in [0.4, 0.5) is 8.78 Å². The van der Waals surface area contributed by atoms with Gasteiger partial charge in [0.1, 0.15) is 11.6 Å². The third-order valence-electron chi connectivity index (χ3n) is 7.48. The lowest BCUT2D eigenvalue weighted by atomic mass is 9.61. The summed E-state index contributed by atoms with van der Waals surface area (Å²) in [7, 11) is 0. The van der Waals surface area contributed by atoms with Gasteiger partial charge in [-0.3, -0.25) is 9.69 Å². The number of amides is 1. The average Bonchev–Trinajstić information content (AvgIpc) is 2.78. The first-order chi connectivity index (χ1) is 14.5. The maximum atomic E-state index is 14.0. The summed E-state index contributed by atoms with van der Waals surface area (Å²) in [6.45, 7) is 8.49. The van der Waals surface area contributed by atoms with Gasteiger partial charge in [0.2, 0.25) is 5.91 Å². The number of nitrogens with zero attached hydrogens (tertiary/aromatic N) is 2. The fraction of sp³-hybridized carbons (Fsp3) is 0.696. The van der Waals surface area contributed by atoms with Gasteiger partial charge in [-0.1, -0.05) is 13.0 Å². The number of carbonyl (C=O) groups excluding carboxylic acids is 1. The summed E-state index contributed by atoms with van der Waals surface area (Å²) in [5.41, 5.74) is -0.101. The molecule has 0 aromatic heterocycles. The minimum Gasteiger partial charge on any atom is -0.379 e. The van der Waals surface area contributed by atoms with Crippen LogP contribution in [0, 0.1) is 23.0 Å². The van der Waals surface area contributed by atoms with Crippen molar-refractivity contribution in [3.63, 3.8) is 0 Å². The second-order valence-electron chi connectivity index (χ2n) is 9.01. The lowest BCUT2D eigenvalue weighted by Crippen LogP contribution is -2.60. The molecule has 1 saturated carbocycles. The Bertz CT molecular complexity index is 756. The van der Waals surface area contributed by atoms with Crippen LogP contribution in [0.2, 0.25) is 0 Å². The number of ether oxygens (including phenoxy) is 1. The van der Waals surface area contributed by atoms with Gasteiger partial charge >= 0.3 is 0 Å². The van der Waals surface area contributed by atoms with E-state index in [9.17, 15) is 13.6 Å². The second kappa shape index (κ2) is 9.28. The average molecular weight is 422 g/mol. The van der Waals surface area contributed by atoms with E-state index in [-0.39, 0.29) is 12.5 Å². The van der Waals surface area contributed by atoms with Gasteiger partial charge in [0.15, 0.2) is 0 Å². The molecule has 2 heterocycles. The van der Waals surface area contributed by atoms with Crippen molar-refractivity contribution >= 4 is 5.91 Å². The molecule has 0 radical (unpaired) electrons. The number of hydrogen-bond acceptors (Lipinski definition) is 4. The molecule has 3 atom stereocenters. The molecular formula is C23H33F2N3O2. The lowest BCUT2D eigenvalue weighted by molar-refractivity contribution is -0.145. The number of piperidine rings is 1. The first-order valence-corrected chi connectivity index (χ1v) is 11.3. The van der Waals surface area contributed by atoms with Gasteiger partial charge in [-0.15, -0.1) is 0 Å². The second-order valence-corrected chi connectivity index (χ2v) is 9.01. The van der Waals surface area contributed by atoms with Crippen molar-refractivity contribution in [1.29, 1.82) is 0 Å². The summed E-state index contributed by atoms with van der Waals surface area (Å²) in [4.78, 5) is 18.4. The smallest absolute Gasteiger partial charge is 0.228 e. The van der Waals surface area contributed by atoms with E-state index in [1.54, 1.807) is 0 Å². The minimum atomic E-state index is -0.612. The Labute approximate surface area is 177 Å². The molecule has 1 aromatic rings. The highest BCUT2D eigenvalue weighted by molar-refractivity contribution is 5.83. The van der Waals surface area contributed by atoms with E-state index in [1.165, 1.54) is 12.1 Å².